The highest BCUT2D eigenvalue weighted by molar-refractivity contribution is 7.89. The fourth-order valence-corrected chi connectivity index (χ4v) is 2.14. The quantitative estimate of drug-likeness (QED) is 0.657. The van der Waals surface area contributed by atoms with E-state index in [1.54, 1.807) is 4.68 Å². The molecule has 0 aliphatic rings. The van der Waals surface area contributed by atoms with Crippen molar-refractivity contribution in [2.45, 2.75) is 26.8 Å². The molecule has 0 unspecified atom stereocenters. The predicted octanol–water partition coefficient (Wildman–Crippen LogP) is 0.145. The number of nitrogens with zero attached hydrogens (tertiary/aromatic N) is 2. The van der Waals surface area contributed by atoms with E-state index in [0.717, 1.165) is 18.7 Å². The molecule has 7 nitrogen and oxygen atoms in total. The van der Waals surface area contributed by atoms with Crippen LogP contribution in [0.5, 0.6) is 0 Å². The van der Waals surface area contributed by atoms with Gasteiger partial charge in [-0.25, -0.2) is 17.8 Å². The van der Waals surface area contributed by atoms with Gasteiger partial charge in [0.05, 0.1) is 17.1 Å². The van der Waals surface area contributed by atoms with Crippen LogP contribution in [0, 0.1) is 6.92 Å². The van der Waals surface area contributed by atoms with Gasteiger partial charge in [-0.05, 0) is 20.4 Å². The molecule has 0 radical (unpaired) electrons. The second-order valence-electron chi connectivity index (χ2n) is 4.02. The Kier molecular flexibility index (Phi) is 4.97. The maximum absolute atomic E-state index is 11.3. The molecule has 0 saturated carbocycles. The van der Waals surface area contributed by atoms with E-state index in [1.165, 1.54) is 7.05 Å². The van der Waals surface area contributed by atoms with Gasteiger partial charge in [-0.15, -0.1) is 0 Å². The topological polar surface area (TPSA) is 102 Å². The molecular formula is C10H21N5O2S. The van der Waals surface area contributed by atoms with Crippen LogP contribution in [0.4, 0.5) is 11.5 Å². The summed E-state index contributed by atoms with van der Waals surface area (Å²) in [7, 11) is -1.81. The largest absolute Gasteiger partial charge is 0.394 e. The zero-order valence-electron chi connectivity index (χ0n) is 11.0. The van der Waals surface area contributed by atoms with E-state index in [-0.39, 0.29) is 5.75 Å². The van der Waals surface area contributed by atoms with Crippen LogP contribution >= 0.6 is 0 Å². The highest BCUT2D eigenvalue weighted by Crippen LogP contribution is 2.22. The van der Waals surface area contributed by atoms with E-state index >= 15 is 0 Å². The van der Waals surface area contributed by atoms with E-state index < -0.39 is 10.0 Å². The van der Waals surface area contributed by atoms with E-state index in [0.29, 0.717) is 18.1 Å². The number of nitrogens with two attached hydrogens (primary N) is 1. The van der Waals surface area contributed by atoms with Crippen LogP contribution in [0.25, 0.3) is 0 Å². The third-order valence-electron chi connectivity index (χ3n) is 2.58. The zero-order valence-corrected chi connectivity index (χ0v) is 11.8. The minimum absolute atomic E-state index is 0.000702. The second-order valence-corrected chi connectivity index (χ2v) is 6.07. The van der Waals surface area contributed by atoms with Crippen molar-refractivity contribution in [1.29, 1.82) is 0 Å². The van der Waals surface area contributed by atoms with Gasteiger partial charge in [-0.2, -0.15) is 5.10 Å². The molecule has 0 atom stereocenters. The van der Waals surface area contributed by atoms with Crippen molar-refractivity contribution in [1.82, 2.24) is 14.5 Å². The molecule has 0 spiro atoms. The minimum Gasteiger partial charge on any atom is -0.394 e. The van der Waals surface area contributed by atoms with Crippen LogP contribution in [0.2, 0.25) is 0 Å². The van der Waals surface area contributed by atoms with Crippen LogP contribution in [-0.2, 0) is 16.6 Å². The molecule has 1 aromatic heterocycles. The molecule has 8 heteroatoms. The van der Waals surface area contributed by atoms with Gasteiger partial charge in [-0.3, -0.25) is 0 Å². The first-order valence-corrected chi connectivity index (χ1v) is 7.54. The summed E-state index contributed by atoms with van der Waals surface area (Å²) in [5.74, 6) is 0.694. The summed E-state index contributed by atoms with van der Waals surface area (Å²) >= 11 is 0. The number of nitrogen functional groups attached to an aromatic ring is 1. The molecule has 1 rings (SSSR count). The number of hydrogen-bond acceptors (Lipinski definition) is 5. The van der Waals surface area contributed by atoms with Crippen molar-refractivity contribution in [3.63, 3.8) is 0 Å². The highest BCUT2D eigenvalue weighted by Gasteiger charge is 2.13. The predicted molar refractivity (Wildman–Crippen MR) is 73.0 cm³/mol. The molecule has 0 saturated heterocycles. The average molecular weight is 275 g/mol. The van der Waals surface area contributed by atoms with Gasteiger partial charge in [-0.1, -0.05) is 6.92 Å². The van der Waals surface area contributed by atoms with E-state index in [2.05, 4.69) is 15.1 Å². The van der Waals surface area contributed by atoms with Crippen molar-refractivity contribution < 1.29 is 8.42 Å². The first-order chi connectivity index (χ1) is 8.41. The molecule has 0 aliphatic heterocycles. The molecule has 0 bridgehead atoms. The Morgan fingerprint density at radius 3 is 2.67 bits per heavy atom. The Bertz CT molecular complexity index is 495. The number of rotatable bonds is 7. The smallest absolute Gasteiger partial charge is 0.213 e. The zero-order chi connectivity index (χ0) is 13.8. The van der Waals surface area contributed by atoms with Crippen LogP contribution in [0.1, 0.15) is 19.0 Å². The van der Waals surface area contributed by atoms with E-state index in [4.69, 9.17) is 5.73 Å². The highest BCUT2D eigenvalue weighted by atomic mass is 32.2. The molecule has 0 fully saturated rings. The van der Waals surface area contributed by atoms with Gasteiger partial charge >= 0.3 is 0 Å². The summed E-state index contributed by atoms with van der Waals surface area (Å²) in [4.78, 5) is 0. The number of hydrogen-bond donors (Lipinski definition) is 3. The number of nitrogens with one attached hydrogen (secondary N) is 2. The Morgan fingerprint density at radius 1 is 1.44 bits per heavy atom. The third kappa shape index (κ3) is 3.61. The number of anilines is 2. The SMILES string of the molecule is CCCn1nc(C)c(N)c1NCCS(=O)(=O)NC. The van der Waals surface area contributed by atoms with Gasteiger partial charge in [0, 0.05) is 13.1 Å². The molecular weight excluding hydrogens is 254 g/mol. The van der Waals surface area contributed by atoms with Crippen LogP contribution in [0.15, 0.2) is 0 Å². The lowest BCUT2D eigenvalue weighted by Crippen LogP contribution is -2.26. The van der Waals surface area contributed by atoms with Crippen LogP contribution in [-0.4, -0.2) is 37.5 Å². The average Bonchev–Trinajstić information content (AvgIpc) is 2.57. The molecule has 1 aromatic rings. The summed E-state index contributed by atoms with van der Waals surface area (Å²) in [5.41, 5.74) is 7.23. The molecule has 104 valence electrons. The summed E-state index contributed by atoms with van der Waals surface area (Å²) in [5, 5.41) is 7.33. The summed E-state index contributed by atoms with van der Waals surface area (Å²) in [6, 6.07) is 0. The van der Waals surface area contributed by atoms with Crippen molar-refractivity contribution in [3.05, 3.63) is 5.69 Å². The monoisotopic (exact) mass is 275 g/mol. The van der Waals surface area contributed by atoms with Crippen molar-refractivity contribution in [2.24, 2.45) is 0 Å². The Morgan fingerprint density at radius 2 is 2.11 bits per heavy atom. The van der Waals surface area contributed by atoms with Gasteiger partial charge in [0.15, 0.2) is 0 Å². The van der Waals surface area contributed by atoms with Gasteiger partial charge in [0.25, 0.3) is 0 Å². The van der Waals surface area contributed by atoms with E-state index in [1.807, 2.05) is 13.8 Å². The third-order valence-corrected chi connectivity index (χ3v) is 3.95. The Labute approximate surface area is 108 Å². The van der Waals surface area contributed by atoms with Crippen LogP contribution in [0.3, 0.4) is 0 Å². The van der Waals surface area contributed by atoms with Crippen LogP contribution < -0.4 is 15.8 Å². The lowest BCUT2D eigenvalue weighted by atomic mass is 10.4. The molecule has 1 heterocycles. The Balaban J connectivity index is 2.72. The fourth-order valence-electron chi connectivity index (χ4n) is 1.56. The lowest BCUT2D eigenvalue weighted by molar-refractivity contribution is 0.587. The van der Waals surface area contributed by atoms with Gasteiger partial charge in [0.2, 0.25) is 10.0 Å². The van der Waals surface area contributed by atoms with E-state index in [9.17, 15) is 8.42 Å². The summed E-state index contributed by atoms with van der Waals surface area (Å²) in [6.45, 7) is 4.92. The lowest BCUT2D eigenvalue weighted by Gasteiger charge is -2.10. The Hall–Kier alpha value is -1.28. The molecule has 4 N–H and O–H groups in total. The maximum atomic E-state index is 11.3. The molecule has 0 aromatic carbocycles. The first-order valence-electron chi connectivity index (χ1n) is 5.89. The van der Waals surface area contributed by atoms with Crippen molar-refractivity contribution >= 4 is 21.5 Å². The second kappa shape index (κ2) is 6.05. The molecule has 0 amide bonds. The number of aryl methyl sites for hydroxylation is 2. The number of sulfonamides is 1. The first kappa shape index (κ1) is 14.8. The van der Waals surface area contributed by atoms with Gasteiger partial charge in [0.1, 0.15) is 5.82 Å². The fraction of sp³-hybridized carbons (Fsp3) is 0.700. The molecule has 0 aliphatic carbocycles. The van der Waals surface area contributed by atoms with Crippen molar-refractivity contribution in [3.8, 4) is 0 Å². The van der Waals surface area contributed by atoms with Gasteiger partial charge < -0.3 is 11.1 Å². The summed E-state index contributed by atoms with van der Waals surface area (Å²) in [6.07, 6.45) is 0.935. The number of aromatic nitrogens is 2. The minimum atomic E-state index is -3.20. The molecule has 18 heavy (non-hydrogen) atoms. The summed E-state index contributed by atoms with van der Waals surface area (Å²) < 4.78 is 26.6. The standard InChI is InChI=1S/C10H21N5O2S/c1-4-6-15-10(9(11)8(2)14-15)13-5-7-18(16,17)12-3/h12-13H,4-7,11H2,1-3H3. The normalized spacial score (nSPS) is 11.7. The van der Waals surface area contributed by atoms with Crippen molar-refractivity contribution in [2.75, 3.05) is 30.4 Å². The maximum Gasteiger partial charge on any atom is 0.213 e.